The van der Waals surface area contributed by atoms with Crippen molar-refractivity contribution in [1.29, 1.82) is 0 Å². The van der Waals surface area contributed by atoms with Gasteiger partial charge in [0.15, 0.2) is 0 Å². The molecule has 2 heteroatoms. The topological polar surface area (TPSA) is 0 Å². The van der Waals surface area contributed by atoms with Crippen LogP contribution in [0.1, 0.15) is 64.8 Å². The van der Waals surface area contributed by atoms with Gasteiger partial charge in [0.2, 0.25) is 0 Å². The highest BCUT2D eigenvalue weighted by atomic mass is 32.1. The fourth-order valence-electron chi connectivity index (χ4n) is 1.22. The maximum atomic E-state index is 2.21. The first-order valence-electron chi connectivity index (χ1n) is 5.66. The zero-order chi connectivity index (χ0) is 12.0. The number of thiophene rings is 2. The summed E-state index contributed by atoms with van der Waals surface area (Å²) in [6.45, 7) is 8.85. The maximum absolute atomic E-state index is 2.21. The van der Waals surface area contributed by atoms with Crippen LogP contribution in [-0.4, -0.2) is 0 Å². The molecule has 0 aromatic carbocycles. The SMILES string of the molecule is C.C.CC(C)c1cccs1.CC(C)c1ccsc1. The number of hydrogen-bond acceptors (Lipinski definition) is 2. The van der Waals surface area contributed by atoms with Crippen LogP contribution in [0.15, 0.2) is 34.3 Å². The minimum atomic E-state index is 0. The van der Waals surface area contributed by atoms with E-state index in [1.54, 1.807) is 11.3 Å². The zero-order valence-electron chi connectivity index (χ0n) is 10.4. The van der Waals surface area contributed by atoms with Crippen molar-refractivity contribution in [3.63, 3.8) is 0 Å². The molecular formula is C16H28S2. The van der Waals surface area contributed by atoms with Crippen LogP contribution in [0.2, 0.25) is 0 Å². The quantitative estimate of drug-likeness (QED) is 0.556. The van der Waals surface area contributed by atoms with E-state index in [9.17, 15) is 0 Å². The second-order valence-corrected chi connectivity index (χ2v) is 6.14. The summed E-state index contributed by atoms with van der Waals surface area (Å²) in [5.74, 6) is 1.40. The molecule has 0 aliphatic rings. The molecule has 0 atom stereocenters. The van der Waals surface area contributed by atoms with Crippen LogP contribution < -0.4 is 0 Å². The summed E-state index contributed by atoms with van der Waals surface area (Å²) in [5.41, 5.74) is 1.45. The molecule has 0 unspecified atom stereocenters. The van der Waals surface area contributed by atoms with Crippen molar-refractivity contribution in [3.8, 4) is 0 Å². The third-order valence-electron chi connectivity index (χ3n) is 2.32. The Morgan fingerprint density at radius 1 is 0.889 bits per heavy atom. The van der Waals surface area contributed by atoms with E-state index >= 15 is 0 Å². The molecule has 0 spiro atoms. The monoisotopic (exact) mass is 284 g/mol. The summed E-state index contributed by atoms with van der Waals surface area (Å²) in [7, 11) is 0. The minimum absolute atomic E-state index is 0. The number of hydrogen-bond donors (Lipinski definition) is 0. The average molecular weight is 285 g/mol. The van der Waals surface area contributed by atoms with Crippen molar-refractivity contribution in [3.05, 3.63) is 44.8 Å². The second kappa shape index (κ2) is 10.3. The van der Waals surface area contributed by atoms with Gasteiger partial charge in [-0.2, -0.15) is 11.3 Å². The van der Waals surface area contributed by atoms with Gasteiger partial charge in [0.25, 0.3) is 0 Å². The van der Waals surface area contributed by atoms with Crippen molar-refractivity contribution in [2.24, 2.45) is 0 Å². The molecule has 0 aliphatic heterocycles. The third kappa shape index (κ3) is 6.97. The highest BCUT2D eigenvalue weighted by Crippen LogP contribution is 2.18. The van der Waals surface area contributed by atoms with E-state index in [1.807, 2.05) is 11.3 Å². The van der Waals surface area contributed by atoms with Crippen molar-refractivity contribution in [2.45, 2.75) is 54.4 Å². The van der Waals surface area contributed by atoms with Gasteiger partial charge in [0, 0.05) is 4.88 Å². The standard InChI is InChI=1S/2C7H10S.2CH4/c1-6(2)7-3-4-8-5-7;1-6(2)7-4-3-5-8-7;;/h2*3-6H,1-2H3;2*1H4. The van der Waals surface area contributed by atoms with E-state index in [0.717, 1.165) is 0 Å². The summed E-state index contributed by atoms with van der Waals surface area (Å²) in [6, 6.07) is 6.45. The highest BCUT2D eigenvalue weighted by Gasteiger charge is 1.96. The van der Waals surface area contributed by atoms with E-state index in [0.29, 0.717) is 11.8 Å². The van der Waals surface area contributed by atoms with Crippen LogP contribution in [0.5, 0.6) is 0 Å². The lowest BCUT2D eigenvalue weighted by Gasteiger charge is -1.96. The molecule has 2 rings (SSSR count). The van der Waals surface area contributed by atoms with Crippen LogP contribution in [0.4, 0.5) is 0 Å². The molecule has 0 fully saturated rings. The lowest BCUT2D eigenvalue weighted by Crippen LogP contribution is -1.79. The van der Waals surface area contributed by atoms with Gasteiger partial charge in [-0.25, -0.2) is 0 Å². The summed E-state index contributed by atoms with van der Waals surface area (Å²) < 4.78 is 0. The fourth-order valence-corrected chi connectivity index (χ4v) is 2.79. The summed E-state index contributed by atoms with van der Waals surface area (Å²) in [4.78, 5) is 1.48. The molecule has 0 saturated carbocycles. The third-order valence-corrected chi connectivity index (χ3v) is 4.20. The van der Waals surface area contributed by atoms with E-state index in [4.69, 9.17) is 0 Å². The molecule has 0 amide bonds. The van der Waals surface area contributed by atoms with Crippen molar-refractivity contribution in [1.82, 2.24) is 0 Å². The summed E-state index contributed by atoms with van der Waals surface area (Å²) >= 11 is 3.60. The average Bonchev–Trinajstić information content (AvgIpc) is 2.93. The number of rotatable bonds is 2. The molecule has 104 valence electrons. The van der Waals surface area contributed by atoms with Crippen molar-refractivity contribution >= 4 is 22.7 Å². The highest BCUT2D eigenvalue weighted by molar-refractivity contribution is 7.10. The van der Waals surface area contributed by atoms with E-state index in [1.165, 1.54) is 10.4 Å². The predicted octanol–water partition coefficient (Wildman–Crippen LogP) is 7.02. The van der Waals surface area contributed by atoms with Crippen LogP contribution >= 0.6 is 22.7 Å². The molecule has 0 radical (unpaired) electrons. The van der Waals surface area contributed by atoms with Gasteiger partial charge in [-0.3, -0.25) is 0 Å². The molecule has 0 N–H and O–H groups in total. The normalized spacial score (nSPS) is 9.22. The molecule has 0 bridgehead atoms. The molecule has 0 aliphatic carbocycles. The maximum Gasteiger partial charge on any atom is 0.00706 e. The molecule has 18 heavy (non-hydrogen) atoms. The molecule has 2 aromatic rings. The molecule has 2 heterocycles. The zero-order valence-corrected chi connectivity index (χ0v) is 12.1. The Morgan fingerprint density at radius 2 is 1.56 bits per heavy atom. The first kappa shape index (κ1) is 19.7. The van der Waals surface area contributed by atoms with Crippen molar-refractivity contribution in [2.75, 3.05) is 0 Å². The van der Waals surface area contributed by atoms with E-state index in [2.05, 4.69) is 62.0 Å². The van der Waals surface area contributed by atoms with Gasteiger partial charge >= 0.3 is 0 Å². The van der Waals surface area contributed by atoms with Gasteiger partial charge < -0.3 is 0 Å². The van der Waals surface area contributed by atoms with E-state index < -0.39 is 0 Å². The van der Waals surface area contributed by atoms with Gasteiger partial charge in [-0.05, 0) is 45.7 Å². The van der Waals surface area contributed by atoms with Crippen LogP contribution in [0.25, 0.3) is 0 Å². The van der Waals surface area contributed by atoms with Crippen LogP contribution in [0.3, 0.4) is 0 Å². The first-order chi connectivity index (χ1) is 7.61. The second-order valence-electron chi connectivity index (χ2n) is 4.38. The Bertz CT molecular complexity index is 317. The first-order valence-corrected chi connectivity index (χ1v) is 7.49. The van der Waals surface area contributed by atoms with Gasteiger partial charge in [-0.1, -0.05) is 48.6 Å². The summed E-state index contributed by atoms with van der Waals surface area (Å²) in [5, 5.41) is 6.44. The molecular weight excluding hydrogens is 256 g/mol. The van der Waals surface area contributed by atoms with Crippen LogP contribution in [-0.2, 0) is 0 Å². The van der Waals surface area contributed by atoms with Gasteiger partial charge in [-0.15, -0.1) is 11.3 Å². The predicted molar refractivity (Wildman–Crippen MR) is 90.3 cm³/mol. The Balaban J connectivity index is 0. The molecule has 2 aromatic heterocycles. The Morgan fingerprint density at radius 3 is 1.78 bits per heavy atom. The van der Waals surface area contributed by atoms with Crippen LogP contribution in [0, 0.1) is 0 Å². The van der Waals surface area contributed by atoms with Crippen molar-refractivity contribution < 1.29 is 0 Å². The van der Waals surface area contributed by atoms with E-state index in [-0.39, 0.29) is 14.9 Å². The smallest absolute Gasteiger partial charge is 0.00706 e. The largest absolute Gasteiger partial charge is 0.152 e. The Hall–Kier alpha value is -0.600. The van der Waals surface area contributed by atoms with Gasteiger partial charge in [0.05, 0.1) is 0 Å². The lowest BCUT2D eigenvalue weighted by molar-refractivity contribution is 0.872. The lowest BCUT2D eigenvalue weighted by atomic mass is 10.1. The van der Waals surface area contributed by atoms with Gasteiger partial charge in [0.1, 0.15) is 0 Å². The molecule has 0 nitrogen and oxygen atoms in total. The Labute approximate surface area is 122 Å². The Kier molecular flexibility index (Phi) is 11.3. The molecule has 0 saturated heterocycles. The fraction of sp³-hybridized carbons (Fsp3) is 0.500. The summed E-state index contributed by atoms with van der Waals surface area (Å²) in [6.07, 6.45) is 0. The minimum Gasteiger partial charge on any atom is -0.152 e.